The van der Waals surface area contributed by atoms with Crippen LogP contribution < -0.4 is 0 Å². The predicted octanol–water partition coefficient (Wildman–Crippen LogP) is 1.76. The SMILES string of the molecule is Cc1ccc(-n2cc(C(C)C(=O)O)nn2)cc1. The molecule has 5 nitrogen and oxygen atoms in total. The first kappa shape index (κ1) is 11.3. The molecule has 88 valence electrons. The van der Waals surface area contributed by atoms with Crippen molar-refractivity contribution in [3.63, 3.8) is 0 Å². The minimum atomic E-state index is -0.902. The smallest absolute Gasteiger partial charge is 0.312 e. The van der Waals surface area contributed by atoms with E-state index in [1.165, 1.54) is 0 Å². The first-order valence-electron chi connectivity index (χ1n) is 5.30. The van der Waals surface area contributed by atoms with Gasteiger partial charge in [-0.2, -0.15) is 0 Å². The zero-order chi connectivity index (χ0) is 12.4. The highest BCUT2D eigenvalue weighted by molar-refractivity contribution is 5.74. The molecule has 1 aromatic heterocycles. The molecule has 1 aromatic carbocycles. The molecule has 0 aliphatic heterocycles. The van der Waals surface area contributed by atoms with Crippen molar-refractivity contribution >= 4 is 5.97 Å². The van der Waals surface area contributed by atoms with Gasteiger partial charge in [0.05, 0.1) is 23.5 Å². The summed E-state index contributed by atoms with van der Waals surface area (Å²) in [5.41, 5.74) is 2.48. The fraction of sp³-hybridized carbons (Fsp3) is 0.250. The Labute approximate surface area is 98.7 Å². The second kappa shape index (κ2) is 4.37. The summed E-state index contributed by atoms with van der Waals surface area (Å²) < 4.78 is 1.58. The number of aromatic nitrogens is 3. The molecular formula is C12H13N3O2. The molecule has 0 spiro atoms. The van der Waals surface area contributed by atoms with Gasteiger partial charge >= 0.3 is 5.97 Å². The van der Waals surface area contributed by atoms with Gasteiger partial charge in [0.15, 0.2) is 0 Å². The Kier molecular flexibility index (Phi) is 2.91. The zero-order valence-electron chi connectivity index (χ0n) is 9.66. The van der Waals surface area contributed by atoms with Gasteiger partial charge < -0.3 is 5.11 Å². The van der Waals surface area contributed by atoms with E-state index in [-0.39, 0.29) is 0 Å². The molecule has 0 aliphatic carbocycles. The van der Waals surface area contributed by atoms with E-state index in [9.17, 15) is 4.79 Å². The lowest BCUT2D eigenvalue weighted by Gasteiger charge is -2.00. The van der Waals surface area contributed by atoms with E-state index in [1.807, 2.05) is 31.2 Å². The van der Waals surface area contributed by atoms with Crippen molar-refractivity contribution in [2.75, 3.05) is 0 Å². The third-order valence-corrected chi connectivity index (χ3v) is 2.62. The molecule has 1 atom stereocenters. The Balaban J connectivity index is 2.29. The Hall–Kier alpha value is -2.17. The van der Waals surface area contributed by atoms with Crippen molar-refractivity contribution in [3.8, 4) is 5.69 Å². The van der Waals surface area contributed by atoms with Crippen LogP contribution in [0.4, 0.5) is 0 Å². The maximum absolute atomic E-state index is 10.8. The first-order chi connectivity index (χ1) is 8.08. The van der Waals surface area contributed by atoms with Gasteiger partial charge in [-0.05, 0) is 26.0 Å². The summed E-state index contributed by atoms with van der Waals surface area (Å²) in [5, 5.41) is 16.7. The number of rotatable bonds is 3. The normalized spacial score (nSPS) is 12.4. The summed E-state index contributed by atoms with van der Waals surface area (Å²) in [6.07, 6.45) is 1.64. The third-order valence-electron chi connectivity index (χ3n) is 2.62. The molecule has 0 amide bonds. The Bertz CT molecular complexity index is 531. The Morgan fingerprint density at radius 2 is 2.00 bits per heavy atom. The van der Waals surface area contributed by atoms with Crippen LogP contribution in [-0.4, -0.2) is 26.1 Å². The monoisotopic (exact) mass is 231 g/mol. The number of benzene rings is 1. The highest BCUT2D eigenvalue weighted by atomic mass is 16.4. The van der Waals surface area contributed by atoms with Gasteiger partial charge in [-0.15, -0.1) is 5.10 Å². The van der Waals surface area contributed by atoms with Gasteiger partial charge in [0.2, 0.25) is 0 Å². The van der Waals surface area contributed by atoms with Gasteiger partial charge in [0, 0.05) is 0 Å². The van der Waals surface area contributed by atoms with Crippen molar-refractivity contribution in [2.24, 2.45) is 0 Å². The summed E-state index contributed by atoms with van der Waals surface area (Å²) in [6, 6.07) is 7.77. The standard InChI is InChI=1S/C12H13N3O2/c1-8-3-5-10(6-4-8)15-7-11(13-14-15)9(2)12(16)17/h3-7,9H,1-2H3,(H,16,17). The summed E-state index contributed by atoms with van der Waals surface area (Å²) in [4.78, 5) is 10.8. The van der Waals surface area contributed by atoms with Crippen LogP contribution in [-0.2, 0) is 4.79 Å². The van der Waals surface area contributed by atoms with Crippen LogP contribution in [0.1, 0.15) is 24.1 Å². The summed E-state index contributed by atoms with van der Waals surface area (Å²) in [6.45, 7) is 3.59. The molecule has 1 heterocycles. The molecule has 17 heavy (non-hydrogen) atoms. The van der Waals surface area contributed by atoms with Crippen LogP contribution in [0.25, 0.3) is 5.69 Å². The first-order valence-corrected chi connectivity index (χ1v) is 5.30. The fourth-order valence-electron chi connectivity index (χ4n) is 1.43. The van der Waals surface area contributed by atoms with Crippen LogP contribution in [0.5, 0.6) is 0 Å². The van der Waals surface area contributed by atoms with Crippen LogP contribution >= 0.6 is 0 Å². The van der Waals surface area contributed by atoms with Crippen LogP contribution in [0, 0.1) is 6.92 Å². The number of hydrogen-bond acceptors (Lipinski definition) is 3. The molecule has 2 rings (SSSR count). The number of carboxylic acids is 1. The molecule has 0 aliphatic rings. The molecule has 0 bridgehead atoms. The van der Waals surface area contributed by atoms with Crippen molar-refractivity contribution in [1.29, 1.82) is 0 Å². The zero-order valence-corrected chi connectivity index (χ0v) is 9.66. The number of hydrogen-bond donors (Lipinski definition) is 1. The predicted molar refractivity (Wildman–Crippen MR) is 62.1 cm³/mol. The Morgan fingerprint density at radius 1 is 1.35 bits per heavy atom. The topological polar surface area (TPSA) is 68.0 Å². The van der Waals surface area contributed by atoms with Crippen LogP contribution in [0.2, 0.25) is 0 Å². The van der Waals surface area contributed by atoms with Gasteiger partial charge in [-0.3, -0.25) is 4.79 Å². The maximum Gasteiger partial charge on any atom is 0.312 e. The third kappa shape index (κ3) is 2.33. The molecule has 5 heteroatoms. The van der Waals surface area contributed by atoms with Gasteiger partial charge in [0.25, 0.3) is 0 Å². The van der Waals surface area contributed by atoms with E-state index in [1.54, 1.807) is 17.8 Å². The van der Waals surface area contributed by atoms with Crippen molar-refractivity contribution < 1.29 is 9.90 Å². The van der Waals surface area contributed by atoms with E-state index in [4.69, 9.17) is 5.11 Å². The minimum absolute atomic E-state index is 0.457. The number of aliphatic carboxylic acids is 1. The van der Waals surface area contributed by atoms with E-state index in [2.05, 4.69) is 10.3 Å². The highest BCUT2D eigenvalue weighted by Gasteiger charge is 2.17. The summed E-state index contributed by atoms with van der Waals surface area (Å²) in [5.74, 6) is -1.55. The lowest BCUT2D eigenvalue weighted by molar-refractivity contribution is -0.138. The quantitative estimate of drug-likeness (QED) is 0.874. The van der Waals surface area contributed by atoms with Crippen LogP contribution in [0.3, 0.4) is 0 Å². The lowest BCUT2D eigenvalue weighted by Crippen LogP contribution is -2.07. The van der Waals surface area contributed by atoms with E-state index >= 15 is 0 Å². The fourth-order valence-corrected chi connectivity index (χ4v) is 1.43. The number of carboxylic acid groups (broad SMARTS) is 1. The minimum Gasteiger partial charge on any atom is -0.481 e. The average Bonchev–Trinajstić information content (AvgIpc) is 2.78. The van der Waals surface area contributed by atoms with Crippen LogP contribution in [0.15, 0.2) is 30.5 Å². The molecule has 0 radical (unpaired) electrons. The molecular weight excluding hydrogens is 218 g/mol. The largest absolute Gasteiger partial charge is 0.481 e. The maximum atomic E-state index is 10.8. The van der Waals surface area contributed by atoms with E-state index < -0.39 is 11.9 Å². The molecule has 0 saturated heterocycles. The van der Waals surface area contributed by atoms with Crippen molar-refractivity contribution in [3.05, 3.63) is 41.7 Å². The highest BCUT2D eigenvalue weighted by Crippen LogP contribution is 2.14. The average molecular weight is 231 g/mol. The van der Waals surface area contributed by atoms with Crippen molar-refractivity contribution in [2.45, 2.75) is 19.8 Å². The molecule has 2 aromatic rings. The molecule has 0 fully saturated rings. The van der Waals surface area contributed by atoms with Crippen molar-refractivity contribution in [1.82, 2.24) is 15.0 Å². The van der Waals surface area contributed by atoms with Gasteiger partial charge in [-0.25, -0.2) is 4.68 Å². The number of aryl methyl sites for hydroxylation is 1. The van der Waals surface area contributed by atoms with Gasteiger partial charge in [-0.1, -0.05) is 22.9 Å². The van der Waals surface area contributed by atoms with E-state index in [0.717, 1.165) is 11.3 Å². The second-order valence-electron chi connectivity index (χ2n) is 3.98. The lowest BCUT2D eigenvalue weighted by atomic mass is 10.1. The number of nitrogens with zero attached hydrogens (tertiary/aromatic N) is 3. The Morgan fingerprint density at radius 3 is 2.59 bits per heavy atom. The van der Waals surface area contributed by atoms with Gasteiger partial charge in [0.1, 0.15) is 0 Å². The molecule has 1 N–H and O–H groups in total. The number of carbonyl (C=O) groups is 1. The molecule has 1 unspecified atom stereocenters. The molecule has 0 saturated carbocycles. The van der Waals surface area contributed by atoms with E-state index in [0.29, 0.717) is 5.69 Å². The summed E-state index contributed by atoms with van der Waals surface area (Å²) in [7, 11) is 0. The summed E-state index contributed by atoms with van der Waals surface area (Å²) >= 11 is 0. The second-order valence-corrected chi connectivity index (χ2v) is 3.98.